The maximum absolute atomic E-state index is 11.5. The van der Waals surface area contributed by atoms with E-state index in [1.54, 1.807) is 7.11 Å². The highest BCUT2D eigenvalue weighted by molar-refractivity contribution is 5.04. The number of nitrogens with zero attached hydrogens (tertiary/aromatic N) is 1. The lowest BCUT2D eigenvalue weighted by atomic mass is 10.2. The van der Waals surface area contributed by atoms with Crippen molar-refractivity contribution in [3.05, 3.63) is 27.9 Å². The molecule has 0 spiro atoms. The fraction of sp³-hybridized carbons (Fsp3) is 0.667. The van der Waals surface area contributed by atoms with Crippen molar-refractivity contribution < 1.29 is 4.74 Å². The van der Waals surface area contributed by atoms with Crippen molar-refractivity contribution in [1.29, 1.82) is 0 Å². The molecule has 5 heteroatoms. The van der Waals surface area contributed by atoms with Gasteiger partial charge in [0.2, 0.25) is 0 Å². The Hall–Kier alpha value is -1.20. The van der Waals surface area contributed by atoms with Crippen LogP contribution in [0.15, 0.2) is 10.9 Å². The molecule has 17 heavy (non-hydrogen) atoms. The van der Waals surface area contributed by atoms with Crippen LogP contribution in [0.5, 0.6) is 0 Å². The van der Waals surface area contributed by atoms with Gasteiger partial charge in [0.1, 0.15) is 11.9 Å². The van der Waals surface area contributed by atoms with Crippen molar-refractivity contribution in [2.24, 2.45) is 0 Å². The van der Waals surface area contributed by atoms with Gasteiger partial charge < -0.3 is 15.0 Å². The molecule has 0 saturated carbocycles. The lowest BCUT2D eigenvalue weighted by molar-refractivity contribution is 0.0921. The van der Waals surface area contributed by atoms with Gasteiger partial charge >= 0.3 is 0 Å². The molecular weight excluding hydrogens is 218 g/mol. The van der Waals surface area contributed by atoms with Crippen LogP contribution in [0.25, 0.3) is 0 Å². The second-order valence-corrected chi connectivity index (χ2v) is 4.29. The van der Waals surface area contributed by atoms with Gasteiger partial charge in [-0.3, -0.25) is 4.79 Å². The molecule has 1 heterocycles. The van der Waals surface area contributed by atoms with Gasteiger partial charge in [0, 0.05) is 25.8 Å². The molecule has 96 valence electrons. The number of aromatic amines is 1. The molecule has 0 aliphatic carbocycles. The van der Waals surface area contributed by atoms with Gasteiger partial charge in [-0.1, -0.05) is 20.8 Å². The third-order valence-electron chi connectivity index (χ3n) is 2.46. The SMILES string of the molecule is CCC(OC)c1nc(CNC(C)C)cc(=O)[nH]1. The van der Waals surface area contributed by atoms with E-state index in [4.69, 9.17) is 4.74 Å². The zero-order valence-corrected chi connectivity index (χ0v) is 10.9. The molecule has 0 aromatic carbocycles. The average molecular weight is 239 g/mol. The van der Waals surface area contributed by atoms with Gasteiger partial charge in [-0.15, -0.1) is 0 Å². The first-order valence-electron chi connectivity index (χ1n) is 5.93. The van der Waals surface area contributed by atoms with Gasteiger partial charge in [-0.05, 0) is 6.42 Å². The molecule has 2 N–H and O–H groups in total. The molecule has 1 rings (SSSR count). The number of rotatable bonds is 6. The first-order valence-corrected chi connectivity index (χ1v) is 5.93. The number of aromatic nitrogens is 2. The number of ether oxygens (including phenoxy) is 1. The van der Waals surface area contributed by atoms with E-state index in [2.05, 4.69) is 29.1 Å². The largest absolute Gasteiger partial charge is 0.374 e. The van der Waals surface area contributed by atoms with Gasteiger partial charge in [-0.25, -0.2) is 4.98 Å². The number of hydrogen-bond donors (Lipinski definition) is 2. The molecule has 5 nitrogen and oxygen atoms in total. The van der Waals surface area contributed by atoms with E-state index < -0.39 is 0 Å². The van der Waals surface area contributed by atoms with Crippen LogP contribution < -0.4 is 10.9 Å². The molecule has 0 radical (unpaired) electrons. The standard InChI is InChI=1S/C12H21N3O2/c1-5-10(17-4)12-14-9(6-11(16)15-12)7-13-8(2)3/h6,8,10,13H,5,7H2,1-4H3,(H,14,15,16). The van der Waals surface area contributed by atoms with E-state index in [9.17, 15) is 4.79 Å². The molecule has 0 bridgehead atoms. The van der Waals surface area contributed by atoms with Crippen LogP contribution in [0.4, 0.5) is 0 Å². The molecule has 0 aliphatic rings. The normalized spacial score (nSPS) is 13.0. The Balaban J connectivity index is 2.89. The Bertz CT molecular complexity index is 397. The van der Waals surface area contributed by atoms with E-state index in [1.807, 2.05) is 6.92 Å². The van der Waals surface area contributed by atoms with Gasteiger partial charge in [-0.2, -0.15) is 0 Å². The van der Waals surface area contributed by atoms with E-state index >= 15 is 0 Å². The van der Waals surface area contributed by atoms with Crippen LogP contribution in [0, 0.1) is 0 Å². The summed E-state index contributed by atoms with van der Waals surface area (Å²) < 4.78 is 5.27. The Kier molecular flexibility index (Phi) is 5.31. The Morgan fingerprint density at radius 1 is 1.53 bits per heavy atom. The van der Waals surface area contributed by atoms with E-state index in [1.165, 1.54) is 6.07 Å². The predicted octanol–water partition coefficient (Wildman–Crippen LogP) is 1.37. The van der Waals surface area contributed by atoms with E-state index in [-0.39, 0.29) is 11.7 Å². The first-order chi connectivity index (χ1) is 8.06. The van der Waals surface area contributed by atoms with Crippen LogP contribution in [0.1, 0.15) is 44.8 Å². The monoisotopic (exact) mass is 239 g/mol. The van der Waals surface area contributed by atoms with Crippen LogP contribution in [-0.2, 0) is 11.3 Å². The van der Waals surface area contributed by atoms with Crippen molar-refractivity contribution in [1.82, 2.24) is 15.3 Å². The number of nitrogens with one attached hydrogen (secondary N) is 2. The summed E-state index contributed by atoms with van der Waals surface area (Å²) >= 11 is 0. The van der Waals surface area contributed by atoms with Crippen molar-refractivity contribution in [2.45, 2.75) is 45.9 Å². The van der Waals surface area contributed by atoms with Crippen LogP contribution in [0.3, 0.4) is 0 Å². The fourth-order valence-electron chi connectivity index (χ4n) is 1.55. The molecule has 0 fully saturated rings. The van der Waals surface area contributed by atoms with Gasteiger partial charge in [0.05, 0.1) is 5.69 Å². The summed E-state index contributed by atoms with van der Waals surface area (Å²) in [5.74, 6) is 0.600. The maximum Gasteiger partial charge on any atom is 0.251 e. The molecule has 0 amide bonds. The van der Waals surface area contributed by atoms with Gasteiger partial charge in [0.25, 0.3) is 5.56 Å². The van der Waals surface area contributed by atoms with Crippen LogP contribution in [0.2, 0.25) is 0 Å². The third-order valence-corrected chi connectivity index (χ3v) is 2.46. The molecule has 0 aliphatic heterocycles. The minimum atomic E-state index is -0.151. The van der Waals surface area contributed by atoms with Crippen LogP contribution >= 0.6 is 0 Å². The summed E-state index contributed by atoms with van der Waals surface area (Å²) in [6.45, 7) is 6.69. The summed E-state index contributed by atoms with van der Waals surface area (Å²) in [5.41, 5.74) is 0.610. The lowest BCUT2D eigenvalue weighted by Crippen LogP contribution is -2.25. The highest BCUT2D eigenvalue weighted by Crippen LogP contribution is 2.14. The third kappa shape index (κ3) is 4.28. The maximum atomic E-state index is 11.5. The van der Waals surface area contributed by atoms with Crippen molar-refractivity contribution in [2.75, 3.05) is 7.11 Å². The zero-order valence-electron chi connectivity index (χ0n) is 10.9. The first kappa shape index (κ1) is 13.9. The Morgan fingerprint density at radius 3 is 2.76 bits per heavy atom. The Labute approximate surface area is 102 Å². The molecule has 0 saturated heterocycles. The van der Waals surface area contributed by atoms with Gasteiger partial charge in [0.15, 0.2) is 0 Å². The highest BCUT2D eigenvalue weighted by atomic mass is 16.5. The van der Waals surface area contributed by atoms with E-state index in [0.29, 0.717) is 18.4 Å². The molecule has 1 atom stereocenters. The zero-order chi connectivity index (χ0) is 12.8. The number of methoxy groups -OCH3 is 1. The van der Waals surface area contributed by atoms with Crippen molar-refractivity contribution in [3.63, 3.8) is 0 Å². The number of H-pyrrole nitrogens is 1. The minimum Gasteiger partial charge on any atom is -0.374 e. The summed E-state index contributed by atoms with van der Waals surface area (Å²) in [4.78, 5) is 18.6. The quantitative estimate of drug-likeness (QED) is 0.786. The van der Waals surface area contributed by atoms with E-state index in [0.717, 1.165) is 12.1 Å². The fourth-order valence-corrected chi connectivity index (χ4v) is 1.55. The summed E-state index contributed by atoms with van der Waals surface area (Å²) in [6, 6.07) is 1.88. The molecule has 1 aromatic rings. The predicted molar refractivity (Wildman–Crippen MR) is 66.9 cm³/mol. The smallest absolute Gasteiger partial charge is 0.251 e. The average Bonchev–Trinajstić information content (AvgIpc) is 2.27. The van der Waals surface area contributed by atoms with Crippen molar-refractivity contribution >= 4 is 0 Å². The molecular formula is C12H21N3O2. The minimum absolute atomic E-state index is 0.133. The topological polar surface area (TPSA) is 67.0 Å². The summed E-state index contributed by atoms with van der Waals surface area (Å²) in [6.07, 6.45) is 0.627. The Morgan fingerprint density at radius 2 is 2.24 bits per heavy atom. The second-order valence-electron chi connectivity index (χ2n) is 4.29. The van der Waals surface area contributed by atoms with Crippen LogP contribution in [-0.4, -0.2) is 23.1 Å². The molecule has 1 unspecified atom stereocenters. The highest BCUT2D eigenvalue weighted by Gasteiger charge is 2.12. The second kappa shape index (κ2) is 6.51. The van der Waals surface area contributed by atoms with Crippen molar-refractivity contribution in [3.8, 4) is 0 Å². The summed E-state index contributed by atoms with van der Waals surface area (Å²) in [7, 11) is 1.62. The number of hydrogen-bond acceptors (Lipinski definition) is 4. The summed E-state index contributed by atoms with van der Waals surface area (Å²) in [5, 5.41) is 3.24. The molecule has 1 aromatic heterocycles. The lowest BCUT2D eigenvalue weighted by Gasteiger charge is -2.13.